The summed E-state index contributed by atoms with van der Waals surface area (Å²) in [7, 11) is 0. The molecule has 27 heavy (non-hydrogen) atoms. The van der Waals surface area contributed by atoms with Crippen molar-refractivity contribution in [3.63, 3.8) is 0 Å². The summed E-state index contributed by atoms with van der Waals surface area (Å²) in [6.07, 6.45) is 3.61. The fraction of sp³-hybridized carbons (Fsp3) is 0.105. The van der Waals surface area contributed by atoms with Crippen LogP contribution in [-0.2, 0) is 11.3 Å². The third-order valence-corrected chi connectivity index (χ3v) is 3.91. The molecule has 7 nitrogen and oxygen atoms in total. The fourth-order valence-electron chi connectivity index (χ4n) is 2.35. The van der Waals surface area contributed by atoms with Crippen LogP contribution in [0.1, 0.15) is 5.56 Å². The van der Waals surface area contributed by atoms with Crippen LogP contribution in [0.3, 0.4) is 0 Å². The van der Waals surface area contributed by atoms with Crippen molar-refractivity contribution in [3.8, 4) is 0 Å². The number of carbonyl (C=O) groups is 2. The summed E-state index contributed by atoms with van der Waals surface area (Å²) >= 11 is 5.79. The molecule has 3 aromatic rings. The maximum atomic E-state index is 11.9. The van der Waals surface area contributed by atoms with Gasteiger partial charge in [0.2, 0.25) is 5.91 Å². The topological polar surface area (TPSA) is 88.1 Å². The molecule has 138 valence electrons. The number of hydrogen-bond acceptors (Lipinski definition) is 3. The molecule has 0 aliphatic carbocycles. The summed E-state index contributed by atoms with van der Waals surface area (Å²) in [5.74, 6) is -0.331. The maximum absolute atomic E-state index is 11.9. The van der Waals surface area contributed by atoms with Crippen LogP contribution in [0.4, 0.5) is 16.2 Å². The van der Waals surface area contributed by atoms with Gasteiger partial charge >= 0.3 is 6.03 Å². The largest absolute Gasteiger partial charge is 0.329 e. The second-order valence-electron chi connectivity index (χ2n) is 5.76. The Labute approximate surface area is 161 Å². The molecule has 1 heterocycles. The Bertz CT molecular complexity index is 893. The number of rotatable bonds is 6. The normalized spacial score (nSPS) is 10.3. The Hall–Kier alpha value is -3.32. The Morgan fingerprint density at radius 2 is 1.63 bits per heavy atom. The Balaban J connectivity index is 1.43. The maximum Gasteiger partial charge on any atom is 0.319 e. The highest BCUT2D eigenvalue weighted by Crippen LogP contribution is 2.13. The summed E-state index contributed by atoms with van der Waals surface area (Å²) in [5, 5.41) is 12.6. The first kappa shape index (κ1) is 18.5. The highest BCUT2D eigenvalue weighted by atomic mass is 35.5. The molecule has 0 spiro atoms. The van der Waals surface area contributed by atoms with E-state index in [0.717, 1.165) is 5.56 Å². The highest BCUT2D eigenvalue weighted by molar-refractivity contribution is 6.30. The molecule has 0 atom stereocenters. The molecule has 2 aromatic carbocycles. The van der Waals surface area contributed by atoms with Gasteiger partial charge in [-0.15, -0.1) is 0 Å². The number of aromatic nitrogens is 2. The molecule has 1 aromatic heterocycles. The molecule has 3 rings (SSSR count). The van der Waals surface area contributed by atoms with E-state index in [2.05, 4.69) is 21.0 Å². The predicted octanol–water partition coefficient (Wildman–Crippen LogP) is 3.35. The molecule has 3 N–H and O–H groups in total. The minimum Gasteiger partial charge on any atom is -0.329 e. The van der Waals surface area contributed by atoms with E-state index in [1.165, 1.54) is 0 Å². The van der Waals surface area contributed by atoms with Gasteiger partial charge in [-0.3, -0.25) is 9.48 Å². The van der Waals surface area contributed by atoms with E-state index >= 15 is 0 Å². The number of anilines is 2. The first-order chi connectivity index (χ1) is 13.1. The van der Waals surface area contributed by atoms with Gasteiger partial charge < -0.3 is 16.0 Å². The molecule has 0 aliphatic heterocycles. The van der Waals surface area contributed by atoms with Gasteiger partial charge in [-0.25, -0.2) is 4.79 Å². The second kappa shape index (κ2) is 8.86. The number of nitrogens with zero attached hydrogens (tertiary/aromatic N) is 2. The van der Waals surface area contributed by atoms with E-state index < -0.39 is 6.03 Å². The van der Waals surface area contributed by atoms with Crippen molar-refractivity contribution in [1.29, 1.82) is 0 Å². The molecule has 0 fully saturated rings. The van der Waals surface area contributed by atoms with Gasteiger partial charge in [0, 0.05) is 28.8 Å². The van der Waals surface area contributed by atoms with E-state index in [0.29, 0.717) is 22.9 Å². The van der Waals surface area contributed by atoms with Crippen LogP contribution < -0.4 is 16.0 Å². The third kappa shape index (κ3) is 5.86. The van der Waals surface area contributed by atoms with Crippen LogP contribution in [0.5, 0.6) is 0 Å². The van der Waals surface area contributed by atoms with Gasteiger partial charge in [0.05, 0.1) is 13.1 Å². The first-order valence-corrected chi connectivity index (χ1v) is 8.63. The van der Waals surface area contributed by atoms with Crippen molar-refractivity contribution in [2.75, 3.05) is 17.2 Å². The SMILES string of the molecule is O=C(CNC(=O)Nc1ccc(Cn2cccn2)cc1)Nc1ccc(Cl)cc1. The number of nitrogens with one attached hydrogen (secondary N) is 3. The summed E-state index contributed by atoms with van der Waals surface area (Å²) in [6.45, 7) is 0.510. The number of hydrogen-bond donors (Lipinski definition) is 3. The lowest BCUT2D eigenvalue weighted by molar-refractivity contribution is -0.115. The zero-order valence-electron chi connectivity index (χ0n) is 14.4. The van der Waals surface area contributed by atoms with Gasteiger partial charge in [-0.1, -0.05) is 23.7 Å². The van der Waals surface area contributed by atoms with Crippen LogP contribution in [0.15, 0.2) is 67.0 Å². The molecule has 0 saturated heterocycles. The van der Waals surface area contributed by atoms with Crippen molar-refractivity contribution >= 4 is 34.9 Å². The fourth-order valence-corrected chi connectivity index (χ4v) is 2.47. The number of amides is 3. The molecule has 0 saturated carbocycles. The van der Waals surface area contributed by atoms with E-state index in [9.17, 15) is 9.59 Å². The Morgan fingerprint density at radius 1 is 0.963 bits per heavy atom. The van der Waals surface area contributed by atoms with Gasteiger partial charge in [-0.2, -0.15) is 5.10 Å². The average molecular weight is 384 g/mol. The van der Waals surface area contributed by atoms with Crippen molar-refractivity contribution in [2.24, 2.45) is 0 Å². The Kier molecular flexibility index (Phi) is 6.06. The molecule has 0 unspecified atom stereocenters. The summed E-state index contributed by atoms with van der Waals surface area (Å²) in [6, 6.07) is 15.5. The Morgan fingerprint density at radius 3 is 2.30 bits per heavy atom. The molecule has 8 heteroatoms. The summed E-state index contributed by atoms with van der Waals surface area (Å²) in [5.41, 5.74) is 2.31. The zero-order valence-corrected chi connectivity index (χ0v) is 15.1. The lowest BCUT2D eigenvalue weighted by Gasteiger charge is -2.09. The minimum atomic E-state index is -0.457. The van der Waals surface area contributed by atoms with Gasteiger partial charge in [0.15, 0.2) is 0 Å². The first-order valence-electron chi connectivity index (χ1n) is 8.25. The lowest BCUT2D eigenvalue weighted by Crippen LogP contribution is -2.35. The van der Waals surface area contributed by atoms with E-state index in [1.807, 2.05) is 29.1 Å². The number of urea groups is 1. The molecular weight excluding hydrogens is 366 g/mol. The molecule has 3 amide bonds. The van der Waals surface area contributed by atoms with Crippen LogP contribution in [0.25, 0.3) is 0 Å². The van der Waals surface area contributed by atoms with Crippen molar-refractivity contribution in [2.45, 2.75) is 6.54 Å². The molecule has 0 aliphatic rings. The smallest absolute Gasteiger partial charge is 0.319 e. The summed E-state index contributed by atoms with van der Waals surface area (Å²) < 4.78 is 1.81. The highest BCUT2D eigenvalue weighted by Gasteiger charge is 2.06. The molecule has 0 radical (unpaired) electrons. The third-order valence-electron chi connectivity index (χ3n) is 3.65. The number of halogens is 1. The summed E-state index contributed by atoms with van der Waals surface area (Å²) in [4.78, 5) is 23.8. The van der Waals surface area contributed by atoms with Crippen molar-refractivity contribution < 1.29 is 9.59 Å². The van der Waals surface area contributed by atoms with Crippen LogP contribution in [0, 0.1) is 0 Å². The van der Waals surface area contributed by atoms with E-state index in [-0.39, 0.29) is 12.5 Å². The monoisotopic (exact) mass is 383 g/mol. The average Bonchev–Trinajstić information content (AvgIpc) is 3.17. The zero-order chi connectivity index (χ0) is 19.1. The molecule has 0 bridgehead atoms. The van der Waals surface area contributed by atoms with E-state index in [4.69, 9.17) is 11.6 Å². The van der Waals surface area contributed by atoms with Gasteiger partial charge in [0.1, 0.15) is 0 Å². The van der Waals surface area contributed by atoms with Gasteiger partial charge in [0.25, 0.3) is 0 Å². The lowest BCUT2D eigenvalue weighted by atomic mass is 10.2. The standard InChI is InChI=1S/C19H18ClN5O2/c20-15-4-8-16(9-5-15)23-18(26)12-21-19(27)24-17-6-2-14(3-7-17)13-25-11-1-10-22-25/h1-11H,12-13H2,(H,23,26)(H2,21,24,27). The molecular formula is C19H18ClN5O2. The van der Waals surface area contributed by atoms with Crippen LogP contribution in [-0.4, -0.2) is 28.3 Å². The number of benzene rings is 2. The number of carbonyl (C=O) groups excluding carboxylic acids is 2. The van der Waals surface area contributed by atoms with E-state index in [1.54, 1.807) is 42.6 Å². The van der Waals surface area contributed by atoms with Crippen LogP contribution >= 0.6 is 11.6 Å². The van der Waals surface area contributed by atoms with Gasteiger partial charge in [-0.05, 0) is 48.0 Å². The predicted molar refractivity (Wildman–Crippen MR) is 105 cm³/mol. The van der Waals surface area contributed by atoms with Crippen LogP contribution in [0.2, 0.25) is 5.02 Å². The second-order valence-corrected chi connectivity index (χ2v) is 6.20. The quantitative estimate of drug-likeness (QED) is 0.610. The minimum absolute atomic E-state index is 0.147. The van der Waals surface area contributed by atoms with Crippen molar-refractivity contribution in [1.82, 2.24) is 15.1 Å². The van der Waals surface area contributed by atoms with Crippen molar-refractivity contribution in [3.05, 3.63) is 77.6 Å².